The number of methoxy groups -OCH3 is 1. The summed E-state index contributed by atoms with van der Waals surface area (Å²) < 4.78 is 45.9. The molecule has 10 heteroatoms. The molecule has 0 spiro atoms. The lowest BCUT2D eigenvalue weighted by Gasteiger charge is -2.15. The molecule has 0 saturated heterocycles. The monoisotopic (exact) mass is 432 g/mol. The van der Waals surface area contributed by atoms with Crippen LogP contribution in [0.4, 0.5) is 30.2 Å². The number of ether oxygens (including phenoxy) is 1. The molecule has 0 unspecified atom stereocenters. The van der Waals surface area contributed by atoms with Crippen molar-refractivity contribution in [2.45, 2.75) is 6.18 Å². The van der Waals surface area contributed by atoms with E-state index in [1.165, 1.54) is 55.6 Å². The van der Waals surface area contributed by atoms with Crippen LogP contribution in [0.2, 0.25) is 0 Å². The van der Waals surface area contributed by atoms with E-state index in [0.717, 1.165) is 6.08 Å². The molecule has 0 bridgehead atoms. The van der Waals surface area contributed by atoms with Gasteiger partial charge in [-0.05, 0) is 48.5 Å². The standard InChI is InChI=1S/C21H19F3N4O3/c1-3-18(29)26-14-5-4-6-15(11-14)28-20(30)17(12-25)19(21(22,23)24)27-13-7-9-16(31-2)10-8-13/h3-12H,1,25H2,2H3,(H,26,29)(H,28,30). The predicted molar refractivity (Wildman–Crippen MR) is 112 cm³/mol. The third kappa shape index (κ3) is 6.46. The lowest BCUT2D eigenvalue weighted by Crippen LogP contribution is -2.32. The van der Waals surface area contributed by atoms with E-state index in [9.17, 15) is 22.8 Å². The maximum Gasteiger partial charge on any atom is 0.434 e. The van der Waals surface area contributed by atoms with Crippen LogP contribution in [-0.4, -0.2) is 30.8 Å². The van der Waals surface area contributed by atoms with Gasteiger partial charge < -0.3 is 21.1 Å². The van der Waals surface area contributed by atoms with Crippen molar-refractivity contribution < 1.29 is 27.5 Å². The number of nitrogens with one attached hydrogen (secondary N) is 2. The van der Waals surface area contributed by atoms with Gasteiger partial charge in [-0.2, -0.15) is 13.2 Å². The molecule has 7 nitrogen and oxygen atoms in total. The Morgan fingerprint density at radius 2 is 1.71 bits per heavy atom. The van der Waals surface area contributed by atoms with Crippen molar-refractivity contribution in [3.05, 3.63) is 73.0 Å². The maximum atomic E-state index is 13.6. The van der Waals surface area contributed by atoms with Crippen LogP contribution in [0, 0.1) is 0 Å². The summed E-state index contributed by atoms with van der Waals surface area (Å²) in [5.41, 5.74) is 3.41. The Hall–Kier alpha value is -4.08. The van der Waals surface area contributed by atoms with Crippen molar-refractivity contribution in [2.24, 2.45) is 10.7 Å². The molecule has 0 saturated carbocycles. The molecule has 2 amide bonds. The van der Waals surface area contributed by atoms with Gasteiger partial charge in [-0.25, -0.2) is 4.99 Å². The Kier molecular flexibility index (Phi) is 7.56. The summed E-state index contributed by atoms with van der Waals surface area (Å²) in [5, 5.41) is 4.79. The molecule has 0 aliphatic rings. The summed E-state index contributed by atoms with van der Waals surface area (Å²) in [6.45, 7) is 3.32. The van der Waals surface area contributed by atoms with E-state index >= 15 is 0 Å². The Labute approximate surface area is 176 Å². The molecule has 2 rings (SSSR count). The van der Waals surface area contributed by atoms with Gasteiger partial charge in [0.1, 0.15) is 5.75 Å². The van der Waals surface area contributed by atoms with Gasteiger partial charge in [0.25, 0.3) is 5.91 Å². The zero-order chi connectivity index (χ0) is 23.0. The Balaban J connectivity index is 2.33. The van der Waals surface area contributed by atoms with Crippen LogP contribution >= 0.6 is 0 Å². The Morgan fingerprint density at radius 1 is 1.10 bits per heavy atom. The third-order valence-electron chi connectivity index (χ3n) is 3.82. The second-order valence-electron chi connectivity index (χ2n) is 5.96. The lowest BCUT2D eigenvalue weighted by molar-refractivity contribution is -0.113. The van der Waals surface area contributed by atoms with Crippen molar-refractivity contribution >= 4 is 34.6 Å². The van der Waals surface area contributed by atoms with Crippen LogP contribution in [0.1, 0.15) is 0 Å². The minimum Gasteiger partial charge on any atom is -0.497 e. The van der Waals surface area contributed by atoms with E-state index in [1.807, 2.05) is 0 Å². The maximum absolute atomic E-state index is 13.6. The Morgan fingerprint density at radius 3 is 2.23 bits per heavy atom. The zero-order valence-corrected chi connectivity index (χ0v) is 16.4. The first-order valence-corrected chi connectivity index (χ1v) is 8.75. The molecule has 0 aliphatic heterocycles. The molecule has 31 heavy (non-hydrogen) atoms. The van der Waals surface area contributed by atoms with Gasteiger partial charge >= 0.3 is 6.18 Å². The zero-order valence-electron chi connectivity index (χ0n) is 16.4. The molecule has 4 N–H and O–H groups in total. The molecule has 2 aromatic carbocycles. The van der Waals surface area contributed by atoms with E-state index in [0.29, 0.717) is 17.6 Å². The topological polar surface area (TPSA) is 106 Å². The van der Waals surface area contributed by atoms with Gasteiger partial charge in [0.05, 0.1) is 18.4 Å². The summed E-state index contributed by atoms with van der Waals surface area (Å²) in [5.74, 6) is -1.18. The number of nitrogens with zero attached hydrogens (tertiary/aromatic N) is 1. The smallest absolute Gasteiger partial charge is 0.434 e. The second-order valence-corrected chi connectivity index (χ2v) is 5.96. The van der Waals surface area contributed by atoms with Gasteiger partial charge in [0, 0.05) is 17.6 Å². The minimum absolute atomic E-state index is 0.0468. The molecule has 2 aromatic rings. The van der Waals surface area contributed by atoms with Gasteiger partial charge in [-0.15, -0.1) is 0 Å². The molecular weight excluding hydrogens is 413 g/mol. The van der Waals surface area contributed by atoms with Crippen molar-refractivity contribution in [2.75, 3.05) is 17.7 Å². The number of nitrogens with two attached hydrogens (primary N) is 1. The van der Waals surface area contributed by atoms with Crippen LogP contribution in [0.3, 0.4) is 0 Å². The molecule has 0 aromatic heterocycles. The number of amides is 2. The second kappa shape index (κ2) is 10.1. The largest absolute Gasteiger partial charge is 0.497 e. The SMILES string of the molecule is C=CC(=O)Nc1cccc(NC(=O)C(=CN)C(=Nc2ccc(OC)cc2)C(F)(F)F)c1. The van der Waals surface area contributed by atoms with E-state index in [-0.39, 0.29) is 11.4 Å². The highest BCUT2D eigenvalue weighted by Crippen LogP contribution is 2.27. The van der Waals surface area contributed by atoms with Crippen LogP contribution in [0.15, 0.2) is 78.0 Å². The summed E-state index contributed by atoms with van der Waals surface area (Å²) in [7, 11) is 1.41. The number of rotatable bonds is 7. The quantitative estimate of drug-likeness (QED) is 0.455. The van der Waals surface area contributed by atoms with Gasteiger partial charge in [-0.3, -0.25) is 9.59 Å². The molecule has 0 radical (unpaired) electrons. The lowest BCUT2D eigenvalue weighted by atomic mass is 10.1. The van der Waals surface area contributed by atoms with Gasteiger partial charge in [0.2, 0.25) is 5.91 Å². The predicted octanol–water partition coefficient (Wildman–Crippen LogP) is 3.94. The van der Waals surface area contributed by atoms with Gasteiger partial charge in [-0.1, -0.05) is 12.6 Å². The fourth-order valence-corrected chi connectivity index (χ4v) is 2.39. The number of alkyl halides is 3. The van der Waals surface area contributed by atoms with E-state index in [4.69, 9.17) is 10.5 Å². The summed E-state index contributed by atoms with van der Waals surface area (Å²) in [4.78, 5) is 27.5. The average molecular weight is 432 g/mol. The molecule has 162 valence electrons. The molecular formula is C21H19F3N4O3. The fourth-order valence-electron chi connectivity index (χ4n) is 2.39. The van der Waals surface area contributed by atoms with E-state index < -0.39 is 29.3 Å². The number of hydrogen-bond donors (Lipinski definition) is 3. The molecule has 0 atom stereocenters. The first-order valence-electron chi connectivity index (χ1n) is 8.75. The number of halogens is 3. The van der Waals surface area contributed by atoms with Crippen molar-refractivity contribution in [3.8, 4) is 5.75 Å². The molecule has 0 fully saturated rings. The molecule has 0 aliphatic carbocycles. The highest BCUT2D eigenvalue weighted by molar-refractivity contribution is 6.27. The van der Waals surface area contributed by atoms with Crippen LogP contribution in [0.25, 0.3) is 0 Å². The first kappa shape index (κ1) is 23.2. The van der Waals surface area contributed by atoms with Crippen LogP contribution < -0.4 is 21.1 Å². The number of benzene rings is 2. The number of aliphatic imine (C=N–C) groups is 1. The summed E-state index contributed by atoms with van der Waals surface area (Å²) in [6.07, 6.45) is -3.37. The number of carbonyl (C=O) groups excluding carboxylic acids is 2. The highest BCUT2D eigenvalue weighted by Gasteiger charge is 2.40. The highest BCUT2D eigenvalue weighted by atomic mass is 19.4. The van der Waals surface area contributed by atoms with E-state index in [2.05, 4.69) is 22.2 Å². The van der Waals surface area contributed by atoms with Crippen molar-refractivity contribution in [1.29, 1.82) is 0 Å². The molecule has 0 heterocycles. The van der Waals surface area contributed by atoms with Crippen molar-refractivity contribution in [3.63, 3.8) is 0 Å². The number of carbonyl (C=O) groups is 2. The Bertz CT molecular complexity index is 1030. The van der Waals surface area contributed by atoms with Crippen LogP contribution in [-0.2, 0) is 9.59 Å². The summed E-state index contributed by atoms with van der Waals surface area (Å²) in [6, 6.07) is 11.3. The normalized spacial score (nSPS) is 12.1. The van der Waals surface area contributed by atoms with Gasteiger partial charge in [0.15, 0.2) is 5.71 Å². The van der Waals surface area contributed by atoms with Crippen molar-refractivity contribution in [1.82, 2.24) is 0 Å². The third-order valence-corrected chi connectivity index (χ3v) is 3.82. The number of hydrogen-bond acceptors (Lipinski definition) is 5. The average Bonchev–Trinajstić information content (AvgIpc) is 2.73. The van der Waals surface area contributed by atoms with Crippen LogP contribution in [0.5, 0.6) is 5.75 Å². The first-order chi connectivity index (χ1) is 14.7. The summed E-state index contributed by atoms with van der Waals surface area (Å²) >= 11 is 0. The number of anilines is 2. The van der Waals surface area contributed by atoms with E-state index in [1.54, 1.807) is 0 Å². The fraction of sp³-hybridized carbons (Fsp3) is 0.0952. The minimum atomic E-state index is -4.96.